The zero-order valence-corrected chi connectivity index (χ0v) is 10.5. The summed E-state index contributed by atoms with van der Waals surface area (Å²) in [5.74, 6) is 0. The molecule has 0 bridgehead atoms. The molecule has 1 aliphatic rings. The van der Waals surface area contributed by atoms with Crippen LogP contribution in [0.25, 0.3) is 0 Å². The van der Waals surface area contributed by atoms with Crippen LogP contribution in [0.1, 0.15) is 16.7 Å². The first-order valence-electron chi connectivity index (χ1n) is 6.08. The summed E-state index contributed by atoms with van der Waals surface area (Å²) in [4.78, 5) is 2.19. The minimum absolute atomic E-state index is 0.0613. The van der Waals surface area contributed by atoms with E-state index in [4.69, 9.17) is 10.5 Å². The molecule has 0 radical (unpaired) electrons. The summed E-state index contributed by atoms with van der Waals surface area (Å²) in [7, 11) is 0. The highest BCUT2D eigenvalue weighted by molar-refractivity contribution is 5.37. The Kier molecular flexibility index (Phi) is 3.94. The molecule has 92 valence electrons. The molecule has 4 heteroatoms. The number of nitriles is 2. The van der Waals surface area contributed by atoms with E-state index in [1.165, 1.54) is 5.56 Å². The molecule has 4 nitrogen and oxygen atoms in total. The van der Waals surface area contributed by atoms with Crippen LogP contribution in [0.5, 0.6) is 0 Å². The SMILES string of the molecule is Cc1cc(C#N)ccc1CN1CCNCC1C#N. The minimum Gasteiger partial charge on any atom is -0.313 e. The Morgan fingerprint density at radius 3 is 2.94 bits per heavy atom. The molecule has 1 atom stereocenters. The van der Waals surface area contributed by atoms with Crippen molar-refractivity contribution in [2.24, 2.45) is 0 Å². The summed E-state index contributed by atoms with van der Waals surface area (Å²) in [6.07, 6.45) is 0. The lowest BCUT2D eigenvalue weighted by atomic mass is 10.0. The number of hydrogen-bond donors (Lipinski definition) is 1. The van der Waals surface area contributed by atoms with Gasteiger partial charge in [0.25, 0.3) is 0 Å². The number of rotatable bonds is 2. The fraction of sp³-hybridized carbons (Fsp3) is 0.429. The quantitative estimate of drug-likeness (QED) is 0.842. The molecule has 1 saturated heterocycles. The molecule has 1 aliphatic heterocycles. The van der Waals surface area contributed by atoms with E-state index in [1.807, 2.05) is 25.1 Å². The maximum atomic E-state index is 9.12. The molecule has 18 heavy (non-hydrogen) atoms. The number of piperazine rings is 1. The minimum atomic E-state index is -0.0613. The van der Waals surface area contributed by atoms with Crippen molar-refractivity contribution in [1.82, 2.24) is 10.2 Å². The molecule has 0 spiro atoms. The van der Waals surface area contributed by atoms with Crippen molar-refractivity contribution in [3.05, 3.63) is 34.9 Å². The second kappa shape index (κ2) is 5.64. The maximum Gasteiger partial charge on any atom is 0.111 e. The van der Waals surface area contributed by atoms with Gasteiger partial charge in [-0.1, -0.05) is 6.07 Å². The van der Waals surface area contributed by atoms with Gasteiger partial charge in [-0.05, 0) is 30.2 Å². The molecule has 2 rings (SSSR count). The van der Waals surface area contributed by atoms with Crippen molar-refractivity contribution in [3.63, 3.8) is 0 Å². The first-order chi connectivity index (χ1) is 8.74. The Hall–Kier alpha value is -1.88. The number of aryl methyl sites for hydroxylation is 1. The molecular formula is C14H16N4. The maximum absolute atomic E-state index is 9.12. The Morgan fingerprint density at radius 2 is 2.28 bits per heavy atom. The molecule has 1 aromatic carbocycles. The Balaban J connectivity index is 2.14. The topological polar surface area (TPSA) is 62.9 Å². The van der Waals surface area contributed by atoms with Crippen molar-refractivity contribution < 1.29 is 0 Å². The first-order valence-corrected chi connectivity index (χ1v) is 6.08. The fourth-order valence-corrected chi connectivity index (χ4v) is 2.22. The van der Waals surface area contributed by atoms with Crippen LogP contribution in [0.2, 0.25) is 0 Å². The van der Waals surface area contributed by atoms with Gasteiger partial charge >= 0.3 is 0 Å². The highest BCUT2D eigenvalue weighted by Gasteiger charge is 2.21. The summed E-state index contributed by atoms with van der Waals surface area (Å²) in [6, 6.07) is 10.1. The summed E-state index contributed by atoms with van der Waals surface area (Å²) in [5, 5.41) is 21.2. The van der Waals surface area contributed by atoms with Gasteiger partial charge in [-0.15, -0.1) is 0 Å². The van der Waals surface area contributed by atoms with E-state index in [0.717, 1.165) is 31.7 Å². The number of nitrogens with zero attached hydrogens (tertiary/aromatic N) is 3. The average Bonchev–Trinajstić information content (AvgIpc) is 2.41. The lowest BCUT2D eigenvalue weighted by Gasteiger charge is -2.32. The van der Waals surface area contributed by atoms with Crippen LogP contribution in [0, 0.1) is 29.6 Å². The van der Waals surface area contributed by atoms with Crippen LogP contribution in [-0.4, -0.2) is 30.6 Å². The van der Waals surface area contributed by atoms with E-state index < -0.39 is 0 Å². The van der Waals surface area contributed by atoms with Gasteiger partial charge < -0.3 is 5.32 Å². The van der Waals surface area contributed by atoms with Crippen molar-refractivity contribution in [1.29, 1.82) is 10.5 Å². The van der Waals surface area contributed by atoms with Crippen LogP contribution in [0.4, 0.5) is 0 Å². The van der Waals surface area contributed by atoms with E-state index in [1.54, 1.807) is 0 Å². The van der Waals surface area contributed by atoms with E-state index >= 15 is 0 Å². The normalized spacial score (nSPS) is 20.1. The molecule has 1 aromatic rings. The molecular weight excluding hydrogens is 224 g/mol. The Bertz CT molecular complexity index is 510. The van der Waals surface area contributed by atoms with Crippen molar-refractivity contribution >= 4 is 0 Å². The summed E-state index contributed by atoms with van der Waals surface area (Å²) < 4.78 is 0. The van der Waals surface area contributed by atoms with E-state index in [2.05, 4.69) is 22.4 Å². The van der Waals surface area contributed by atoms with Crippen molar-refractivity contribution in [2.45, 2.75) is 19.5 Å². The van der Waals surface area contributed by atoms with Crippen LogP contribution in [0.15, 0.2) is 18.2 Å². The standard InChI is InChI=1S/C14H16N4/c1-11-6-12(7-15)2-3-13(11)10-18-5-4-17-9-14(18)8-16/h2-3,6,14,17H,4-5,9-10H2,1H3. The summed E-state index contributed by atoms with van der Waals surface area (Å²) >= 11 is 0. The Labute approximate surface area is 107 Å². The third kappa shape index (κ3) is 2.68. The van der Waals surface area contributed by atoms with Crippen molar-refractivity contribution in [3.8, 4) is 12.1 Å². The lowest BCUT2D eigenvalue weighted by molar-refractivity contribution is 0.189. The van der Waals surface area contributed by atoms with E-state index in [0.29, 0.717) is 5.56 Å². The average molecular weight is 240 g/mol. The predicted octanol–water partition coefficient (Wildman–Crippen LogP) is 1.16. The van der Waals surface area contributed by atoms with Gasteiger partial charge in [0, 0.05) is 26.2 Å². The number of benzene rings is 1. The third-order valence-electron chi connectivity index (χ3n) is 3.35. The van der Waals surface area contributed by atoms with Gasteiger partial charge in [-0.25, -0.2) is 0 Å². The highest BCUT2D eigenvalue weighted by Crippen LogP contribution is 2.15. The molecule has 1 unspecified atom stereocenters. The van der Waals surface area contributed by atoms with Crippen LogP contribution in [-0.2, 0) is 6.54 Å². The summed E-state index contributed by atoms with van der Waals surface area (Å²) in [5.41, 5.74) is 2.99. The van der Waals surface area contributed by atoms with Gasteiger partial charge in [0.1, 0.15) is 6.04 Å². The largest absolute Gasteiger partial charge is 0.313 e. The van der Waals surface area contributed by atoms with Gasteiger partial charge in [-0.2, -0.15) is 10.5 Å². The monoisotopic (exact) mass is 240 g/mol. The zero-order valence-electron chi connectivity index (χ0n) is 10.5. The molecule has 1 N–H and O–H groups in total. The van der Waals surface area contributed by atoms with Gasteiger partial charge in [-0.3, -0.25) is 4.90 Å². The summed E-state index contributed by atoms with van der Waals surface area (Å²) in [6.45, 7) is 5.33. The second-order valence-electron chi connectivity index (χ2n) is 4.57. The lowest BCUT2D eigenvalue weighted by Crippen LogP contribution is -2.50. The van der Waals surface area contributed by atoms with Crippen LogP contribution < -0.4 is 5.32 Å². The van der Waals surface area contributed by atoms with E-state index in [-0.39, 0.29) is 6.04 Å². The first kappa shape index (κ1) is 12.6. The van der Waals surface area contributed by atoms with Gasteiger partial charge in [0.05, 0.1) is 17.7 Å². The molecule has 1 fully saturated rings. The molecule has 0 saturated carbocycles. The van der Waals surface area contributed by atoms with E-state index in [9.17, 15) is 0 Å². The Morgan fingerprint density at radius 1 is 1.44 bits per heavy atom. The van der Waals surface area contributed by atoms with Gasteiger partial charge in [0.2, 0.25) is 0 Å². The second-order valence-corrected chi connectivity index (χ2v) is 4.57. The third-order valence-corrected chi connectivity index (χ3v) is 3.35. The highest BCUT2D eigenvalue weighted by atomic mass is 15.2. The van der Waals surface area contributed by atoms with Gasteiger partial charge in [0.15, 0.2) is 0 Å². The zero-order chi connectivity index (χ0) is 13.0. The number of hydrogen-bond acceptors (Lipinski definition) is 4. The predicted molar refractivity (Wildman–Crippen MR) is 68.6 cm³/mol. The van der Waals surface area contributed by atoms with Crippen molar-refractivity contribution in [2.75, 3.05) is 19.6 Å². The van der Waals surface area contributed by atoms with Crippen LogP contribution in [0.3, 0.4) is 0 Å². The number of nitrogens with one attached hydrogen (secondary N) is 1. The molecule has 0 aliphatic carbocycles. The van der Waals surface area contributed by atoms with Crippen LogP contribution >= 0.6 is 0 Å². The fourth-order valence-electron chi connectivity index (χ4n) is 2.22. The molecule has 0 amide bonds. The molecule has 0 aromatic heterocycles. The smallest absolute Gasteiger partial charge is 0.111 e. The molecule has 1 heterocycles.